The molecule has 8 nitrogen and oxygen atoms in total. The summed E-state index contributed by atoms with van der Waals surface area (Å²) in [5.74, 6) is -2.25. The minimum absolute atomic E-state index is 0.121. The van der Waals surface area contributed by atoms with E-state index in [1.54, 1.807) is 0 Å². The minimum Gasteiger partial charge on any atom is -0.504 e. The second kappa shape index (κ2) is 7.51. The molecule has 0 radical (unpaired) electrons. The smallest absolute Gasteiger partial charge is 0.178 e. The molecule has 0 saturated carbocycles. The molecule has 1 aliphatic carbocycles. The molecule has 0 heterocycles. The number of fused-ring (bicyclic) bond motifs is 6. The highest BCUT2D eigenvalue weighted by Gasteiger charge is 2.16. The van der Waals surface area contributed by atoms with E-state index in [0.29, 0.717) is 32.3 Å². The number of allylic oxidation sites excluding steroid dienone is 4. The minimum atomic E-state index is -0.335. The summed E-state index contributed by atoms with van der Waals surface area (Å²) in [5, 5.41) is 62.0. The van der Waals surface area contributed by atoms with Crippen molar-refractivity contribution in [3.8, 4) is 34.5 Å². The number of benzene rings is 4. The molecule has 6 N–H and O–H groups in total. The van der Waals surface area contributed by atoms with Gasteiger partial charge in [-0.05, 0) is 93.0 Å². The van der Waals surface area contributed by atoms with Gasteiger partial charge in [0.25, 0.3) is 0 Å². The summed E-state index contributed by atoms with van der Waals surface area (Å²) in [6, 6.07) is 8.04. The Morgan fingerprint density at radius 2 is 0.500 bits per heavy atom. The fourth-order valence-corrected chi connectivity index (χ4v) is 3.51. The number of phenolic OH excluding ortho intramolecular Hbond substituents is 6. The number of carbonyl (C=O) groups is 2. The summed E-state index contributed by atoms with van der Waals surface area (Å²) >= 11 is 0. The summed E-state index contributed by atoms with van der Waals surface area (Å²) in [7, 11) is 0. The van der Waals surface area contributed by atoms with Crippen LogP contribution in [-0.2, 0) is 9.59 Å². The Bertz CT molecular complexity index is 1210. The van der Waals surface area contributed by atoms with E-state index in [4.69, 9.17) is 0 Å². The van der Waals surface area contributed by atoms with E-state index >= 15 is 0 Å². The van der Waals surface area contributed by atoms with Crippen molar-refractivity contribution >= 4 is 43.9 Å². The second-order valence-corrected chi connectivity index (χ2v) is 7.13. The zero-order valence-electron chi connectivity index (χ0n) is 16.3. The highest BCUT2D eigenvalue weighted by atomic mass is 16.3. The zero-order chi connectivity index (χ0) is 23.2. The molecule has 160 valence electrons. The number of carbonyl (C=O) groups excluding carboxylic acids is 2. The molecule has 0 aliphatic heterocycles. The van der Waals surface area contributed by atoms with Crippen LogP contribution < -0.4 is 0 Å². The molecule has 8 heteroatoms. The Hall–Kier alpha value is -4.72. The molecule has 0 fully saturated rings. The van der Waals surface area contributed by atoms with Gasteiger partial charge in [0.1, 0.15) is 0 Å². The van der Waals surface area contributed by atoms with Gasteiger partial charge < -0.3 is 30.6 Å². The molecule has 4 aromatic rings. The topological polar surface area (TPSA) is 156 Å². The van der Waals surface area contributed by atoms with Crippen molar-refractivity contribution in [1.29, 1.82) is 0 Å². The van der Waals surface area contributed by atoms with Gasteiger partial charge in [0, 0.05) is 0 Å². The fraction of sp³-hybridized carbons (Fsp3) is 0. The number of hydrogen-bond donors (Lipinski definition) is 6. The van der Waals surface area contributed by atoms with Gasteiger partial charge in [-0.15, -0.1) is 0 Å². The lowest BCUT2D eigenvalue weighted by atomic mass is 9.93. The summed E-state index contributed by atoms with van der Waals surface area (Å²) in [4.78, 5) is 20.6. The maximum Gasteiger partial charge on any atom is 0.178 e. The van der Waals surface area contributed by atoms with Gasteiger partial charge >= 0.3 is 0 Å². The highest BCUT2D eigenvalue weighted by molar-refractivity contribution is 6.26. The van der Waals surface area contributed by atoms with Crippen molar-refractivity contribution in [2.24, 2.45) is 0 Å². The molecule has 0 atom stereocenters. The molecule has 0 unspecified atom stereocenters. The molecule has 0 spiro atoms. The second-order valence-electron chi connectivity index (χ2n) is 7.13. The van der Waals surface area contributed by atoms with E-state index in [0.717, 1.165) is 0 Å². The Morgan fingerprint density at radius 1 is 0.344 bits per heavy atom. The Balaban J connectivity index is 0.000000260. The first-order chi connectivity index (χ1) is 15.2. The maximum atomic E-state index is 10.3. The average molecular weight is 432 g/mol. The number of hydrogen-bond acceptors (Lipinski definition) is 8. The van der Waals surface area contributed by atoms with Crippen LogP contribution in [0.2, 0.25) is 0 Å². The molecular weight excluding hydrogens is 416 g/mol. The third-order valence-electron chi connectivity index (χ3n) is 5.04. The van der Waals surface area contributed by atoms with Gasteiger partial charge in [0.15, 0.2) is 46.1 Å². The molecule has 5 rings (SSSR count). The van der Waals surface area contributed by atoms with E-state index in [9.17, 15) is 40.2 Å². The van der Waals surface area contributed by atoms with Crippen molar-refractivity contribution in [3.05, 3.63) is 60.7 Å². The van der Waals surface area contributed by atoms with Gasteiger partial charge in [-0.2, -0.15) is 0 Å². The van der Waals surface area contributed by atoms with Gasteiger partial charge in [-0.1, -0.05) is 0 Å². The van der Waals surface area contributed by atoms with E-state index in [-0.39, 0.29) is 46.1 Å². The van der Waals surface area contributed by atoms with Crippen LogP contribution in [0.25, 0.3) is 32.3 Å². The Morgan fingerprint density at radius 3 is 0.656 bits per heavy atom. The monoisotopic (exact) mass is 432 g/mol. The Kier molecular flexibility index (Phi) is 4.82. The zero-order valence-corrected chi connectivity index (χ0v) is 16.3. The number of rotatable bonds is 0. The first-order valence-electron chi connectivity index (χ1n) is 9.29. The standard InChI is InChI=1S/C18H12O6.C6H4O2/c19-13-1-7-8(2-14(13)20)10-4-17(23)18(24)6-12(10)11-5-16(22)15(21)3-9(7)11;7-5-1-2-6(8)4-3-5/h1-6,19-24H;1-4H. The van der Waals surface area contributed by atoms with Crippen LogP contribution in [-0.4, -0.2) is 42.2 Å². The van der Waals surface area contributed by atoms with Crippen LogP contribution in [0.15, 0.2) is 60.7 Å². The quantitative estimate of drug-likeness (QED) is 0.140. The van der Waals surface area contributed by atoms with Crippen LogP contribution in [0, 0.1) is 0 Å². The van der Waals surface area contributed by atoms with E-state index in [1.807, 2.05) is 0 Å². The lowest BCUT2D eigenvalue weighted by Gasteiger charge is -2.13. The van der Waals surface area contributed by atoms with Crippen molar-refractivity contribution in [1.82, 2.24) is 0 Å². The molecule has 0 amide bonds. The molecule has 0 aromatic heterocycles. The predicted octanol–water partition coefficient (Wildman–Crippen LogP) is 3.63. The fourth-order valence-electron chi connectivity index (χ4n) is 3.51. The molecule has 32 heavy (non-hydrogen) atoms. The lowest BCUT2D eigenvalue weighted by Crippen LogP contribution is -1.97. The first kappa shape index (κ1) is 20.5. The predicted molar refractivity (Wildman–Crippen MR) is 117 cm³/mol. The van der Waals surface area contributed by atoms with Crippen LogP contribution >= 0.6 is 0 Å². The third-order valence-corrected chi connectivity index (χ3v) is 5.04. The van der Waals surface area contributed by atoms with Crippen molar-refractivity contribution in [2.45, 2.75) is 0 Å². The number of ketones is 2. The van der Waals surface area contributed by atoms with E-state index in [1.165, 1.54) is 60.7 Å². The van der Waals surface area contributed by atoms with Crippen molar-refractivity contribution in [2.75, 3.05) is 0 Å². The van der Waals surface area contributed by atoms with Crippen LogP contribution in [0.5, 0.6) is 34.5 Å². The maximum absolute atomic E-state index is 10.3. The number of aromatic hydroxyl groups is 6. The van der Waals surface area contributed by atoms with Crippen molar-refractivity contribution in [3.63, 3.8) is 0 Å². The molecule has 0 saturated heterocycles. The Labute approximate surface area is 179 Å². The lowest BCUT2D eigenvalue weighted by molar-refractivity contribution is -0.113. The van der Waals surface area contributed by atoms with Gasteiger partial charge in [0.05, 0.1) is 0 Å². The summed E-state index contributed by atoms with van der Waals surface area (Å²) in [6.45, 7) is 0. The molecular formula is C24H16O8. The van der Waals surface area contributed by atoms with Crippen LogP contribution in [0.1, 0.15) is 0 Å². The first-order valence-corrected chi connectivity index (χ1v) is 9.29. The summed E-state index contributed by atoms with van der Waals surface area (Å²) in [6.07, 6.45) is 5.01. The molecule has 4 aromatic carbocycles. The van der Waals surface area contributed by atoms with E-state index < -0.39 is 0 Å². The van der Waals surface area contributed by atoms with Crippen LogP contribution in [0.4, 0.5) is 0 Å². The van der Waals surface area contributed by atoms with Crippen LogP contribution in [0.3, 0.4) is 0 Å². The highest BCUT2D eigenvalue weighted by Crippen LogP contribution is 2.45. The normalized spacial score (nSPS) is 13.0. The van der Waals surface area contributed by atoms with Gasteiger partial charge in [-0.25, -0.2) is 0 Å². The summed E-state index contributed by atoms with van der Waals surface area (Å²) in [5.41, 5.74) is 0. The van der Waals surface area contributed by atoms with Gasteiger partial charge in [0.2, 0.25) is 0 Å². The molecule has 0 bridgehead atoms. The summed E-state index contributed by atoms with van der Waals surface area (Å²) < 4.78 is 0. The third kappa shape index (κ3) is 3.50. The van der Waals surface area contributed by atoms with Crippen molar-refractivity contribution < 1.29 is 40.2 Å². The largest absolute Gasteiger partial charge is 0.504 e. The number of phenols is 6. The van der Waals surface area contributed by atoms with Gasteiger partial charge in [-0.3, -0.25) is 9.59 Å². The SMILES string of the molecule is O=C1C=CC(=O)C=C1.Oc1cc2c3cc(O)c(O)cc3c3cc(O)c(O)cc3c2cc1O. The average Bonchev–Trinajstić information content (AvgIpc) is 2.75. The van der Waals surface area contributed by atoms with E-state index in [2.05, 4.69) is 0 Å². The molecule has 1 aliphatic rings.